The molecule has 3 rings (SSSR count). The summed E-state index contributed by atoms with van der Waals surface area (Å²) in [7, 11) is 0. The van der Waals surface area contributed by atoms with Gasteiger partial charge in [0.1, 0.15) is 11.6 Å². The second kappa shape index (κ2) is 6.76. The zero-order valence-corrected chi connectivity index (χ0v) is 12.8. The highest BCUT2D eigenvalue weighted by molar-refractivity contribution is 6.31. The number of nitrogens with one attached hydrogen (secondary N) is 2. The van der Waals surface area contributed by atoms with Crippen LogP contribution in [0.5, 0.6) is 0 Å². The van der Waals surface area contributed by atoms with Gasteiger partial charge in [-0.3, -0.25) is 0 Å². The third-order valence-electron chi connectivity index (χ3n) is 3.02. The molecular weight excluding hydrogens is 341 g/mol. The zero-order valence-electron chi connectivity index (χ0n) is 12.0. The van der Waals surface area contributed by atoms with Gasteiger partial charge in [-0.15, -0.1) is 0 Å². The van der Waals surface area contributed by atoms with Gasteiger partial charge in [-0.05, 0) is 36.4 Å². The molecule has 0 spiro atoms. The predicted octanol–water partition coefficient (Wildman–Crippen LogP) is 5.03. The Morgan fingerprint density at radius 3 is 2.21 bits per heavy atom. The van der Waals surface area contributed by atoms with Gasteiger partial charge in [0.2, 0.25) is 5.95 Å². The summed E-state index contributed by atoms with van der Waals surface area (Å²) >= 11 is 5.71. The lowest BCUT2D eigenvalue weighted by atomic mass is 10.3. The van der Waals surface area contributed by atoms with Crippen molar-refractivity contribution in [1.82, 2.24) is 9.97 Å². The number of aromatic nitrogens is 2. The van der Waals surface area contributed by atoms with E-state index in [9.17, 15) is 13.2 Å². The van der Waals surface area contributed by atoms with Gasteiger partial charge in [-0.25, -0.2) is 18.2 Å². The molecule has 0 atom stereocenters. The molecule has 0 bridgehead atoms. The van der Waals surface area contributed by atoms with E-state index in [1.807, 2.05) is 0 Å². The van der Waals surface area contributed by atoms with Crippen molar-refractivity contribution in [3.05, 3.63) is 71.1 Å². The summed E-state index contributed by atoms with van der Waals surface area (Å²) in [6.07, 6.45) is 1.47. The fourth-order valence-electron chi connectivity index (χ4n) is 1.91. The number of rotatable bonds is 4. The predicted molar refractivity (Wildman–Crippen MR) is 86.4 cm³/mol. The van der Waals surface area contributed by atoms with Crippen molar-refractivity contribution in [2.24, 2.45) is 0 Å². The molecule has 3 aromatic rings. The summed E-state index contributed by atoms with van der Waals surface area (Å²) in [6, 6.07) is 9.07. The number of halogens is 4. The summed E-state index contributed by atoms with van der Waals surface area (Å²) < 4.78 is 39.3. The highest BCUT2D eigenvalue weighted by Gasteiger charge is 2.06. The van der Waals surface area contributed by atoms with E-state index in [1.54, 1.807) is 6.07 Å². The highest BCUT2D eigenvalue weighted by Crippen LogP contribution is 2.22. The quantitative estimate of drug-likeness (QED) is 0.692. The largest absolute Gasteiger partial charge is 0.340 e. The Labute approximate surface area is 140 Å². The maximum Gasteiger partial charge on any atom is 0.229 e. The highest BCUT2D eigenvalue weighted by atomic mass is 35.5. The maximum atomic E-state index is 13.2. The van der Waals surface area contributed by atoms with Crippen LogP contribution in [0.2, 0.25) is 5.02 Å². The Balaban J connectivity index is 1.78. The number of anilines is 4. The van der Waals surface area contributed by atoms with Crippen LogP contribution in [-0.4, -0.2) is 9.97 Å². The molecular formula is C16H10ClF3N4. The van der Waals surface area contributed by atoms with Crippen molar-refractivity contribution < 1.29 is 13.2 Å². The number of hydrogen-bond acceptors (Lipinski definition) is 4. The lowest BCUT2D eigenvalue weighted by molar-refractivity contribution is 0.509. The van der Waals surface area contributed by atoms with E-state index in [2.05, 4.69) is 20.6 Å². The lowest BCUT2D eigenvalue weighted by Gasteiger charge is -2.09. The normalized spacial score (nSPS) is 10.5. The molecule has 24 heavy (non-hydrogen) atoms. The van der Waals surface area contributed by atoms with E-state index in [0.29, 0.717) is 17.2 Å². The van der Waals surface area contributed by atoms with Gasteiger partial charge in [-0.2, -0.15) is 4.98 Å². The molecule has 1 aromatic heterocycles. The summed E-state index contributed by atoms with van der Waals surface area (Å²) in [5.41, 5.74) is 0.842. The molecule has 2 aromatic carbocycles. The van der Waals surface area contributed by atoms with Crippen molar-refractivity contribution in [1.29, 1.82) is 0 Å². The van der Waals surface area contributed by atoms with Crippen molar-refractivity contribution in [2.75, 3.05) is 10.6 Å². The first-order valence-electron chi connectivity index (χ1n) is 6.78. The fourth-order valence-corrected chi connectivity index (χ4v) is 2.09. The molecule has 0 amide bonds. The Bertz CT molecular complexity index is 820. The number of hydrogen-bond donors (Lipinski definition) is 2. The standard InChI is InChI=1S/C16H10ClF3N4/c17-11-7-9(1-3-12(11)18)23-16-21-6-5-15(24-16)22-10-2-4-13(19)14(20)8-10/h1-8H,(H2,21,22,23,24). The minimum atomic E-state index is -0.964. The summed E-state index contributed by atoms with van der Waals surface area (Å²) in [4.78, 5) is 8.21. The van der Waals surface area contributed by atoms with Crippen LogP contribution in [0.15, 0.2) is 48.7 Å². The molecule has 122 valence electrons. The van der Waals surface area contributed by atoms with Crippen LogP contribution in [0, 0.1) is 17.5 Å². The Morgan fingerprint density at radius 1 is 0.792 bits per heavy atom. The molecule has 8 heteroatoms. The van der Waals surface area contributed by atoms with Crippen LogP contribution in [0.1, 0.15) is 0 Å². The minimum Gasteiger partial charge on any atom is -0.340 e. The van der Waals surface area contributed by atoms with Crippen molar-refractivity contribution in [2.45, 2.75) is 0 Å². The zero-order chi connectivity index (χ0) is 17.1. The molecule has 0 fully saturated rings. The van der Waals surface area contributed by atoms with E-state index in [4.69, 9.17) is 11.6 Å². The third kappa shape index (κ3) is 3.75. The van der Waals surface area contributed by atoms with Gasteiger partial charge in [0.05, 0.1) is 5.02 Å². The SMILES string of the molecule is Fc1ccc(Nc2ccnc(Nc3ccc(F)c(Cl)c3)n2)cc1F. The van der Waals surface area contributed by atoms with E-state index >= 15 is 0 Å². The molecule has 0 unspecified atom stereocenters. The second-order valence-corrected chi connectivity index (χ2v) is 5.18. The topological polar surface area (TPSA) is 49.8 Å². The van der Waals surface area contributed by atoms with Gasteiger partial charge in [-0.1, -0.05) is 11.6 Å². The van der Waals surface area contributed by atoms with Crippen molar-refractivity contribution in [3.8, 4) is 0 Å². The third-order valence-corrected chi connectivity index (χ3v) is 3.31. The van der Waals surface area contributed by atoms with E-state index in [1.165, 1.54) is 30.5 Å². The average Bonchev–Trinajstić information content (AvgIpc) is 2.55. The molecule has 1 heterocycles. The Kier molecular flexibility index (Phi) is 4.52. The van der Waals surface area contributed by atoms with Gasteiger partial charge < -0.3 is 10.6 Å². The molecule has 4 nitrogen and oxygen atoms in total. The summed E-state index contributed by atoms with van der Waals surface area (Å²) in [5.74, 6) is -1.83. The Morgan fingerprint density at radius 2 is 1.50 bits per heavy atom. The smallest absolute Gasteiger partial charge is 0.229 e. The van der Waals surface area contributed by atoms with Crippen LogP contribution < -0.4 is 10.6 Å². The first-order valence-corrected chi connectivity index (χ1v) is 7.16. The average molecular weight is 351 g/mol. The minimum absolute atomic E-state index is 0.0314. The van der Waals surface area contributed by atoms with Crippen LogP contribution in [0.25, 0.3) is 0 Å². The van der Waals surface area contributed by atoms with E-state index in [0.717, 1.165) is 12.1 Å². The molecule has 0 radical (unpaired) electrons. The van der Waals surface area contributed by atoms with Gasteiger partial charge >= 0.3 is 0 Å². The first-order chi connectivity index (χ1) is 11.5. The molecule has 0 saturated carbocycles. The van der Waals surface area contributed by atoms with Crippen LogP contribution in [0.3, 0.4) is 0 Å². The molecule has 0 aliphatic carbocycles. The Hall–Kier alpha value is -2.80. The molecule has 0 aliphatic heterocycles. The van der Waals surface area contributed by atoms with Crippen LogP contribution in [-0.2, 0) is 0 Å². The van der Waals surface area contributed by atoms with Crippen molar-refractivity contribution >= 4 is 34.7 Å². The molecule has 0 saturated heterocycles. The summed E-state index contributed by atoms with van der Waals surface area (Å²) in [5, 5.41) is 5.67. The molecule has 0 aliphatic rings. The van der Waals surface area contributed by atoms with Crippen molar-refractivity contribution in [3.63, 3.8) is 0 Å². The number of nitrogens with zero attached hydrogens (tertiary/aromatic N) is 2. The molecule has 2 N–H and O–H groups in total. The van der Waals surface area contributed by atoms with Crippen LogP contribution in [0.4, 0.5) is 36.3 Å². The fraction of sp³-hybridized carbons (Fsp3) is 0. The van der Waals surface area contributed by atoms with Gasteiger partial charge in [0, 0.05) is 23.6 Å². The number of benzene rings is 2. The first kappa shape index (κ1) is 16.1. The lowest BCUT2D eigenvalue weighted by Crippen LogP contribution is -2.01. The maximum absolute atomic E-state index is 13.2. The van der Waals surface area contributed by atoms with E-state index < -0.39 is 17.5 Å². The monoisotopic (exact) mass is 350 g/mol. The van der Waals surface area contributed by atoms with Gasteiger partial charge in [0.15, 0.2) is 11.6 Å². The van der Waals surface area contributed by atoms with E-state index in [-0.39, 0.29) is 11.0 Å². The van der Waals surface area contributed by atoms with Crippen LogP contribution >= 0.6 is 11.6 Å². The van der Waals surface area contributed by atoms with Gasteiger partial charge in [0.25, 0.3) is 0 Å². The summed E-state index contributed by atoms with van der Waals surface area (Å²) in [6.45, 7) is 0. The second-order valence-electron chi connectivity index (χ2n) is 4.77.